The maximum atomic E-state index is 11.6. The molecular formula is C17H22O2. The molecule has 2 bridgehead atoms. The van der Waals surface area contributed by atoms with Gasteiger partial charge in [0.05, 0.1) is 5.92 Å². The summed E-state index contributed by atoms with van der Waals surface area (Å²) < 4.78 is 0. The van der Waals surface area contributed by atoms with E-state index in [0.29, 0.717) is 5.92 Å². The van der Waals surface area contributed by atoms with E-state index in [1.165, 1.54) is 25.7 Å². The van der Waals surface area contributed by atoms with E-state index in [1.807, 2.05) is 31.2 Å². The Labute approximate surface area is 114 Å². The molecule has 0 aliphatic heterocycles. The van der Waals surface area contributed by atoms with Crippen LogP contribution in [0.4, 0.5) is 0 Å². The number of carboxylic acids is 1. The Hall–Kier alpha value is -1.31. The maximum Gasteiger partial charge on any atom is 0.310 e. The molecule has 2 heteroatoms. The number of fused-ring (bicyclic) bond motifs is 2. The van der Waals surface area contributed by atoms with E-state index < -0.39 is 5.97 Å². The topological polar surface area (TPSA) is 37.3 Å². The molecule has 19 heavy (non-hydrogen) atoms. The van der Waals surface area contributed by atoms with Gasteiger partial charge in [-0.05, 0) is 55.9 Å². The number of hydrogen-bond donors (Lipinski definition) is 1. The first-order valence-electron chi connectivity index (χ1n) is 7.43. The second kappa shape index (κ2) is 4.99. The van der Waals surface area contributed by atoms with E-state index in [0.717, 1.165) is 29.4 Å². The third kappa shape index (κ3) is 2.54. The Balaban J connectivity index is 1.76. The van der Waals surface area contributed by atoms with Gasteiger partial charge in [0.2, 0.25) is 0 Å². The minimum absolute atomic E-state index is 0.316. The van der Waals surface area contributed by atoms with Crippen molar-refractivity contribution in [2.24, 2.45) is 17.8 Å². The summed E-state index contributed by atoms with van der Waals surface area (Å²) in [5, 5.41) is 9.55. The SMILES string of the molecule is Cc1cccc(C(CC2CC3CCC2C3)C(=O)O)c1. The molecule has 0 saturated heterocycles. The highest BCUT2D eigenvalue weighted by atomic mass is 16.4. The molecule has 102 valence electrons. The van der Waals surface area contributed by atoms with Gasteiger partial charge >= 0.3 is 5.97 Å². The summed E-state index contributed by atoms with van der Waals surface area (Å²) >= 11 is 0. The number of hydrogen-bond acceptors (Lipinski definition) is 1. The zero-order valence-electron chi connectivity index (χ0n) is 11.5. The average Bonchev–Trinajstić information content (AvgIpc) is 2.97. The van der Waals surface area contributed by atoms with Crippen LogP contribution >= 0.6 is 0 Å². The smallest absolute Gasteiger partial charge is 0.310 e. The molecule has 0 heterocycles. The molecule has 1 aromatic rings. The molecule has 0 amide bonds. The summed E-state index contributed by atoms with van der Waals surface area (Å²) in [6.07, 6.45) is 6.16. The average molecular weight is 258 g/mol. The molecule has 0 radical (unpaired) electrons. The fourth-order valence-electron chi connectivity index (χ4n) is 4.23. The molecular weight excluding hydrogens is 236 g/mol. The molecule has 4 unspecified atom stereocenters. The summed E-state index contributed by atoms with van der Waals surface area (Å²) in [6, 6.07) is 8.01. The predicted octanol–water partition coefficient (Wildman–Crippen LogP) is 3.99. The van der Waals surface area contributed by atoms with Gasteiger partial charge in [0.15, 0.2) is 0 Å². The lowest BCUT2D eigenvalue weighted by Gasteiger charge is -2.25. The lowest BCUT2D eigenvalue weighted by Crippen LogP contribution is -2.19. The van der Waals surface area contributed by atoms with E-state index in [2.05, 4.69) is 0 Å². The Morgan fingerprint density at radius 3 is 2.79 bits per heavy atom. The molecule has 2 aliphatic rings. The van der Waals surface area contributed by atoms with Crippen molar-refractivity contribution in [1.82, 2.24) is 0 Å². The number of aryl methyl sites for hydroxylation is 1. The number of rotatable bonds is 4. The molecule has 1 aromatic carbocycles. The van der Waals surface area contributed by atoms with Crippen LogP contribution in [-0.4, -0.2) is 11.1 Å². The molecule has 4 atom stereocenters. The van der Waals surface area contributed by atoms with Crippen molar-refractivity contribution in [3.05, 3.63) is 35.4 Å². The van der Waals surface area contributed by atoms with Crippen LogP contribution in [0.1, 0.15) is 49.1 Å². The van der Waals surface area contributed by atoms with Crippen LogP contribution in [0.5, 0.6) is 0 Å². The van der Waals surface area contributed by atoms with Gasteiger partial charge in [-0.15, -0.1) is 0 Å². The number of carboxylic acid groups (broad SMARTS) is 1. The summed E-state index contributed by atoms with van der Waals surface area (Å²) in [5.41, 5.74) is 2.13. The molecule has 2 aliphatic carbocycles. The van der Waals surface area contributed by atoms with Crippen molar-refractivity contribution < 1.29 is 9.90 Å². The zero-order valence-corrected chi connectivity index (χ0v) is 11.5. The second-order valence-corrected chi connectivity index (χ2v) is 6.48. The van der Waals surface area contributed by atoms with Gasteiger partial charge in [-0.1, -0.05) is 36.2 Å². The third-order valence-corrected chi connectivity index (χ3v) is 5.17. The van der Waals surface area contributed by atoms with Crippen LogP contribution in [0.2, 0.25) is 0 Å². The highest BCUT2D eigenvalue weighted by molar-refractivity contribution is 5.76. The third-order valence-electron chi connectivity index (χ3n) is 5.17. The van der Waals surface area contributed by atoms with Gasteiger partial charge in [0, 0.05) is 0 Å². The van der Waals surface area contributed by atoms with Crippen LogP contribution in [0, 0.1) is 24.7 Å². The van der Waals surface area contributed by atoms with Crippen molar-refractivity contribution in [2.75, 3.05) is 0 Å². The first-order chi connectivity index (χ1) is 9.13. The highest BCUT2D eigenvalue weighted by Gasteiger charge is 2.41. The van der Waals surface area contributed by atoms with E-state index >= 15 is 0 Å². The van der Waals surface area contributed by atoms with Gasteiger partial charge in [-0.2, -0.15) is 0 Å². The second-order valence-electron chi connectivity index (χ2n) is 6.48. The Bertz CT molecular complexity index is 480. The molecule has 0 spiro atoms. The van der Waals surface area contributed by atoms with E-state index in [1.54, 1.807) is 0 Å². The summed E-state index contributed by atoms with van der Waals surface area (Å²) in [7, 11) is 0. The Morgan fingerprint density at radius 1 is 1.37 bits per heavy atom. The summed E-state index contributed by atoms with van der Waals surface area (Å²) in [5.74, 6) is 1.36. The van der Waals surface area contributed by atoms with Crippen LogP contribution < -0.4 is 0 Å². The summed E-state index contributed by atoms with van der Waals surface area (Å²) in [6.45, 7) is 2.03. The molecule has 1 N–H and O–H groups in total. The highest BCUT2D eigenvalue weighted by Crippen LogP contribution is 2.51. The van der Waals surface area contributed by atoms with E-state index in [-0.39, 0.29) is 5.92 Å². The monoisotopic (exact) mass is 258 g/mol. The van der Waals surface area contributed by atoms with E-state index in [4.69, 9.17) is 0 Å². The van der Waals surface area contributed by atoms with Crippen molar-refractivity contribution in [3.8, 4) is 0 Å². The number of carbonyl (C=O) groups is 1. The predicted molar refractivity (Wildman–Crippen MR) is 75.1 cm³/mol. The Morgan fingerprint density at radius 2 is 2.21 bits per heavy atom. The Kier molecular flexibility index (Phi) is 3.34. The quantitative estimate of drug-likeness (QED) is 0.886. The minimum atomic E-state index is -0.659. The molecule has 2 nitrogen and oxygen atoms in total. The maximum absolute atomic E-state index is 11.6. The van der Waals surface area contributed by atoms with Crippen LogP contribution in [0.25, 0.3) is 0 Å². The molecule has 3 rings (SSSR count). The van der Waals surface area contributed by atoms with Gasteiger partial charge in [-0.3, -0.25) is 4.79 Å². The first-order valence-corrected chi connectivity index (χ1v) is 7.43. The van der Waals surface area contributed by atoms with Crippen LogP contribution in [-0.2, 0) is 4.79 Å². The lowest BCUT2D eigenvalue weighted by molar-refractivity contribution is -0.139. The van der Waals surface area contributed by atoms with Crippen LogP contribution in [0.15, 0.2) is 24.3 Å². The van der Waals surface area contributed by atoms with E-state index in [9.17, 15) is 9.90 Å². The summed E-state index contributed by atoms with van der Waals surface area (Å²) in [4.78, 5) is 11.6. The number of benzene rings is 1. The normalized spacial score (nSPS) is 30.5. The zero-order chi connectivity index (χ0) is 13.4. The fraction of sp³-hybridized carbons (Fsp3) is 0.588. The van der Waals surface area contributed by atoms with Crippen molar-refractivity contribution in [1.29, 1.82) is 0 Å². The largest absolute Gasteiger partial charge is 0.481 e. The molecule has 2 fully saturated rings. The van der Waals surface area contributed by atoms with Gasteiger partial charge in [-0.25, -0.2) is 0 Å². The van der Waals surface area contributed by atoms with Crippen molar-refractivity contribution in [2.45, 2.75) is 44.9 Å². The molecule has 0 aromatic heterocycles. The van der Waals surface area contributed by atoms with Gasteiger partial charge in [0.1, 0.15) is 0 Å². The van der Waals surface area contributed by atoms with Crippen molar-refractivity contribution >= 4 is 5.97 Å². The molecule has 2 saturated carbocycles. The minimum Gasteiger partial charge on any atom is -0.481 e. The van der Waals surface area contributed by atoms with Gasteiger partial charge < -0.3 is 5.11 Å². The lowest BCUT2D eigenvalue weighted by atomic mass is 9.80. The fourth-order valence-corrected chi connectivity index (χ4v) is 4.23. The van der Waals surface area contributed by atoms with Crippen molar-refractivity contribution in [3.63, 3.8) is 0 Å². The van der Waals surface area contributed by atoms with Gasteiger partial charge in [0.25, 0.3) is 0 Å². The first kappa shape index (κ1) is 12.7. The number of aliphatic carboxylic acids is 1. The van der Waals surface area contributed by atoms with Crippen LogP contribution in [0.3, 0.4) is 0 Å². The standard InChI is InChI=1S/C17H22O2/c1-11-3-2-4-14(7-11)16(17(18)19)10-15-9-12-5-6-13(15)8-12/h2-4,7,12-13,15-16H,5-6,8-10H2,1H3,(H,18,19).